The molecule has 4 amide bonds. The molecule has 254 valence electrons. The number of carbonyl (C=O) groups excluding carboxylic acids is 4. The molecule has 0 spiro atoms. The summed E-state index contributed by atoms with van der Waals surface area (Å²) in [5, 5.41) is 15.7. The average Bonchev–Trinajstić information content (AvgIpc) is 3.73. The van der Waals surface area contributed by atoms with Crippen LogP contribution in [-0.4, -0.2) is 86.7 Å². The van der Waals surface area contributed by atoms with Crippen LogP contribution in [0.25, 0.3) is 0 Å². The predicted molar refractivity (Wildman–Crippen MR) is 167 cm³/mol. The van der Waals surface area contributed by atoms with Gasteiger partial charge in [0.25, 0.3) is 0 Å². The maximum absolute atomic E-state index is 14.4. The molecule has 0 radical (unpaired) electrons. The lowest BCUT2D eigenvalue weighted by molar-refractivity contribution is -0.148. The van der Waals surface area contributed by atoms with Crippen LogP contribution in [0.5, 0.6) is 0 Å². The first-order valence-electron chi connectivity index (χ1n) is 16.6. The molecule has 3 aliphatic carbocycles. The number of hydrogen-bond donors (Lipinski definition) is 3. The van der Waals surface area contributed by atoms with E-state index in [4.69, 9.17) is 9.47 Å². The number of carboxylic acid groups (broad SMARTS) is 1. The Bertz CT molecular complexity index is 1450. The molecule has 1 unspecified atom stereocenters. The zero-order chi connectivity index (χ0) is 33.7. The number of fused-ring (bicyclic) bond motifs is 2. The van der Waals surface area contributed by atoms with Crippen LogP contribution in [0.4, 0.5) is 9.59 Å². The molecule has 1 aromatic rings. The Morgan fingerprint density at radius 3 is 2.53 bits per heavy atom. The number of amides is 4. The van der Waals surface area contributed by atoms with Crippen LogP contribution in [0.1, 0.15) is 77.0 Å². The lowest BCUT2D eigenvalue weighted by Gasteiger charge is -2.35. The Balaban J connectivity index is 1.22. The van der Waals surface area contributed by atoms with Gasteiger partial charge < -0.3 is 30.1 Å². The highest BCUT2D eigenvalue weighted by atomic mass is 16.6. The number of pyridine rings is 1. The zero-order valence-corrected chi connectivity index (χ0v) is 27.3. The minimum atomic E-state index is -1.47. The number of nitrogens with zero attached hydrogens (tertiary/aromatic N) is 3. The number of alkyl carbamates (subject to hydrolysis) is 1. The number of rotatable bonds is 9. The molecule has 4 fully saturated rings. The van der Waals surface area contributed by atoms with Gasteiger partial charge in [-0.3, -0.25) is 19.5 Å². The molecule has 0 bridgehead atoms. The standard InChI is InChI=1S/C34H45N5O8/c1-5-33-15-25(33)34(33,29(42)43)37-27(40)24-14-22(47-31(45)38-16-21-12-9-13-35-23(21)18-38)17-39(24)28(41)26(20-10-7-6-8-11-20)36-30(44)46-19-32(2,3)4/h5,9,12-13,20,22,24-26H,1,6-8,10-11,14-19H2,2-4H3,(H,36,44)(H,37,40)(H,42,43)/t22-,24+,25?,26+,33-,34+/m1/s1. The first-order valence-corrected chi connectivity index (χ1v) is 16.6. The molecular formula is C34H45N5O8. The fraction of sp³-hybridized carbons (Fsp3) is 0.647. The van der Waals surface area contributed by atoms with E-state index < -0.39 is 59.1 Å². The molecule has 6 rings (SSSR count). The van der Waals surface area contributed by atoms with Crippen LogP contribution in [0.15, 0.2) is 31.0 Å². The highest BCUT2D eigenvalue weighted by Gasteiger charge is 2.92. The zero-order valence-electron chi connectivity index (χ0n) is 27.3. The van der Waals surface area contributed by atoms with Gasteiger partial charge in [0, 0.05) is 24.0 Å². The lowest BCUT2D eigenvalue weighted by Crippen LogP contribution is -2.59. The van der Waals surface area contributed by atoms with Gasteiger partial charge in [0.05, 0.1) is 31.9 Å². The van der Waals surface area contributed by atoms with Crippen molar-refractivity contribution >= 4 is 30.0 Å². The van der Waals surface area contributed by atoms with Crippen LogP contribution in [0.3, 0.4) is 0 Å². The molecule has 6 atom stereocenters. The van der Waals surface area contributed by atoms with Gasteiger partial charge in [-0.15, -0.1) is 6.58 Å². The highest BCUT2D eigenvalue weighted by molar-refractivity contribution is 5.99. The molecule has 2 aliphatic heterocycles. The second-order valence-corrected chi connectivity index (χ2v) is 15.0. The highest BCUT2D eigenvalue weighted by Crippen LogP contribution is 2.83. The molecule has 13 nitrogen and oxygen atoms in total. The molecule has 47 heavy (non-hydrogen) atoms. The van der Waals surface area contributed by atoms with E-state index in [9.17, 15) is 29.1 Å². The number of likely N-dealkylation sites (tertiary alicyclic amines) is 1. The van der Waals surface area contributed by atoms with Gasteiger partial charge in [0.1, 0.15) is 18.2 Å². The van der Waals surface area contributed by atoms with Crippen LogP contribution >= 0.6 is 0 Å². The van der Waals surface area contributed by atoms with E-state index in [-0.39, 0.29) is 43.4 Å². The minimum Gasteiger partial charge on any atom is -0.479 e. The van der Waals surface area contributed by atoms with Gasteiger partial charge in [0.2, 0.25) is 11.8 Å². The summed E-state index contributed by atoms with van der Waals surface area (Å²) in [4.78, 5) is 74.2. The molecule has 3 saturated carbocycles. The van der Waals surface area contributed by atoms with Gasteiger partial charge in [-0.05, 0) is 42.2 Å². The van der Waals surface area contributed by atoms with E-state index in [0.29, 0.717) is 25.8 Å². The Hall–Kier alpha value is -4.16. The van der Waals surface area contributed by atoms with Gasteiger partial charge in [0.15, 0.2) is 5.54 Å². The number of hydrogen-bond acceptors (Lipinski definition) is 8. The Kier molecular flexibility index (Phi) is 8.46. The van der Waals surface area contributed by atoms with E-state index in [2.05, 4.69) is 22.2 Å². The summed E-state index contributed by atoms with van der Waals surface area (Å²) in [6.07, 6.45) is 5.97. The van der Waals surface area contributed by atoms with Crippen molar-refractivity contribution in [2.24, 2.45) is 22.7 Å². The van der Waals surface area contributed by atoms with Gasteiger partial charge in [-0.1, -0.05) is 52.2 Å². The molecule has 13 heteroatoms. The van der Waals surface area contributed by atoms with E-state index in [1.165, 1.54) is 9.80 Å². The predicted octanol–water partition coefficient (Wildman–Crippen LogP) is 3.37. The molecule has 3 heterocycles. The van der Waals surface area contributed by atoms with Crippen molar-refractivity contribution in [1.29, 1.82) is 0 Å². The van der Waals surface area contributed by atoms with Crippen molar-refractivity contribution in [1.82, 2.24) is 25.4 Å². The molecule has 0 aromatic carbocycles. The lowest BCUT2D eigenvalue weighted by atomic mass is 9.83. The van der Waals surface area contributed by atoms with E-state index >= 15 is 0 Å². The largest absolute Gasteiger partial charge is 0.479 e. The summed E-state index contributed by atoms with van der Waals surface area (Å²) in [6, 6.07) is 1.62. The number of aromatic nitrogens is 1. The Morgan fingerprint density at radius 2 is 1.91 bits per heavy atom. The van der Waals surface area contributed by atoms with Crippen LogP contribution in [0, 0.1) is 22.7 Å². The van der Waals surface area contributed by atoms with Gasteiger partial charge >= 0.3 is 18.2 Å². The summed E-state index contributed by atoms with van der Waals surface area (Å²) in [5.41, 5.74) is -0.752. The number of aliphatic carboxylic acids is 1. The third kappa shape index (κ3) is 6.04. The summed E-state index contributed by atoms with van der Waals surface area (Å²) >= 11 is 0. The summed E-state index contributed by atoms with van der Waals surface area (Å²) in [5.74, 6) is -2.70. The molecule has 1 saturated heterocycles. The van der Waals surface area contributed by atoms with Crippen molar-refractivity contribution in [3.8, 4) is 0 Å². The van der Waals surface area contributed by atoms with E-state index in [1.54, 1.807) is 18.3 Å². The molecule has 5 aliphatic rings. The number of nitrogens with one attached hydrogen (secondary N) is 2. The van der Waals surface area contributed by atoms with E-state index in [0.717, 1.165) is 30.5 Å². The van der Waals surface area contributed by atoms with E-state index in [1.807, 2.05) is 26.8 Å². The quantitative estimate of drug-likeness (QED) is 0.339. The number of carboxylic acids is 1. The average molecular weight is 652 g/mol. The summed E-state index contributed by atoms with van der Waals surface area (Å²) in [6.45, 7) is 10.3. The fourth-order valence-electron chi connectivity index (χ4n) is 7.77. The van der Waals surface area contributed by atoms with Crippen LogP contribution in [0.2, 0.25) is 0 Å². The van der Waals surface area contributed by atoms with Gasteiger partial charge in [-0.2, -0.15) is 0 Å². The van der Waals surface area contributed by atoms with Gasteiger partial charge in [-0.25, -0.2) is 14.4 Å². The van der Waals surface area contributed by atoms with Crippen molar-refractivity contribution in [3.05, 3.63) is 42.2 Å². The maximum atomic E-state index is 14.4. The van der Waals surface area contributed by atoms with Crippen LogP contribution in [-0.2, 0) is 36.9 Å². The topological polar surface area (TPSA) is 167 Å². The normalized spacial score (nSPS) is 30.0. The van der Waals surface area contributed by atoms with Crippen molar-refractivity contribution in [2.75, 3.05) is 13.2 Å². The molecule has 1 aromatic heterocycles. The van der Waals surface area contributed by atoms with Crippen molar-refractivity contribution in [3.63, 3.8) is 0 Å². The SMILES string of the molecule is C=C[C@@]12CC1[C@]2(NC(=O)[C@@H]1C[C@@H](OC(=O)N2Cc3cccnc3C2)CN1C(=O)[C@@H](NC(=O)OCC(C)(C)C)C1CCCCC1)C(=O)O. The number of carbonyl (C=O) groups is 5. The number of ether oxygens (including phenoxy) is 2. The van der Waals surface area contributed by atoms with Crippen molar-refractivity contribution < 1.29 is 38.6 Å². The summed E-state index contributed by atoms with van der Waals surface area (Å²) < 4.78 is 11.3. The Morgan fingerprint density at radius 1 is 1.17 bits per heavy atom. The molecule has 3 N–H and O–H groups in total. The first-order chi connectivity index (χ1) is 22.3. The molecular weight excluding hydrogens is 606 g/mol. The second kappa shape index (κ2) is 12.1. The summed E-state index contributed by atoms with van der Waals surface area (Å²) in [7, 11) is 0. The Labute approximate surface area is 274 Å². The minimum absolute atomic E-state index is 0.0182. The monoisotopic (exact) mass is 651 g/mol. The fourth-order valence-corrected chi connectivity index (χ4v) is 7.77. The maximum Gasteiger partial charge on any atom is 0.410 e. The second-order valence-electron chi connectivity index (χ2n) is 15.0. The third-order valence-corrected chi connectivity index (χ3v) is 10.6. The smallest absolute Gasteiger partial charge is 0.410 e. The van der Waals surface area contributed by atoms with Crippen molar-refractivity contribution in [2.45, 2.75) is 103 Å². The first kappa shape index (κ1) is 32.8. The van der Waals surface area contributed by atoms with Crippen LogP contribution < -0.4 is 10.6 Å². The third-order valence-electron chi connectivity index (χ3n) is 10.6.